The summed E-state index contributed by atoms with van der Waals surface area (Å²) in [5.74, 6) is 1.59. The Morgan fingerprint density at radius 2 is 1.97 bits per heavy atom. The van der Waals surface area contributed by atoms with Crippen molar-refractivity contribution in [3.8, 4) is 22.6 Å². The van der Waals surface area contributed by atoms with Gasteiger partial charge in [-0.1, -0.05) is 12.1 Å². The van der Waals surface area contributed by atoms with Gasteiger partial charge in [0.05, 0.1) is 20.0 Å². The third kappa shape index (κ3) is 4.46. The Bertz CT molecular complexity index is 1110. The highest BCUT2D eigenvalue weighted by Crippen LogP contribution is 2.38. The molecule has 0 radical (unpaired) electrons. The summed E-state index contributed by atoms with van der Waals surface area (Å²) in [7, 11) is 1.66. The van der Waals surface area contributed by atoms with Crippen molar-refractivity contribution < 1.29 is 18.7 Å². The molecular weight excluding hydrogens is 390 g/mol. The third-order valence-corrected chi connectivity index (χ3v) is 5.79. The molecule has 0 aliphatic carbocycles. The lowest BCUT2D eigenvalue weighted by molar-refractivity contribution is -0.126. The van der Waals surface area contributed by atoms with Crippen molar-refractivity contribution in [2.45, 2.75) is 33.1 Å². The number of allylic oxidation sites excluding steroid dienone is 1. The van der Waals surface area contributed by atoms with E-state index in [2.05, 4.69) is 6.07 Å². The zero-order valence-corrected chi connectivity index (χ0v) is 18.4. The molecule has 162 valence electrons. The summed E-state index contributed by atoms with van der Waals surface area (Å²) in [5, 5.41) is 0.977. The standard InChI is InChI=1S/C26H29NO4/c1-4-30-24-16-25-22(23(17-31-25)19-9-8-10-20(14-19)29-3)15-21(24)18(2)13-26(28)27-11-6-5-7-12-27/h8-10,13-17H,4-7,11-12H2,1-3H3/b18-13+. The predicted molar refractivity (Wildman–Crippen MR) is 123 cm³/mol. The number of furan rings is 1. The molecule has 0 atom stereocenters. The van der Waals surface area contributed by atoms with E-state index in [9.17, 15) is 4.79 Å². The summed E-state index contributed by atoms with van der Waals surface area (Å²) in [6.07, 6.45) is 6.85. The molecule has 1 fully saturated rings. The quantitative estimate of drug-likeness (QED) is 0.465. The van der Waals surface area contributed by atoms with Crippen LogP contribution in [0.25, 0.3) is 27.7 Å². The van der Waals surface area contributed by atoms with Crippen LogP contribution in [0.5, 0.6) is 11.5 Å². The highest BCUT2D eigenvalue weighted by Gasteiger charge is 2.18. The number of hydrogen-bond acceptors (Lipinski definition) is 4. The number of benzene rings is 2. The highest BCUT2D eigenvalue weighted by molar-refractivity contribution is 6.00. The number of methoxy groups -OCH3 is 1. The largest absolute Gasteiger partial charge is 0.497 e. The average Bonchev–Trinajstić information content (AvgIpc) is 3.22. The number of fused-ring (bicyclic) bond motifs is 1. The van der Waals surface area contributed by atoms with Gasteiger partial charge in [-0.2, -0.15) is 0 Å². The second kappa shape index (κ2) is 9.29. The zero-order chi connectivity index (χ0) is 21.8. The fourth-order valence-corrected chi connectivity index (χ4v) is 4.12. The Balaban J connectivity index is 1.76. The fourth-order valence-electron chi connectivity index (χ4n) is 4.12. The Labute approximate surface area is 183 Å². The van der Waals surface area contributed by atoms with E-state index in [1.807, 2.05) is 49.1 Å². The van der Waals surface area contributed by atoms with E-state index in [0.29, 0.717) is 6.61 Å². The smallest absolute Gasteiger partial charge is 0.246 e. The Hall–Kier alpha value is -3.21. The van der Waals surface area contributed by atoms with Crippen LogP contribution in [0.2, 0.25) is 0 Å². The molecular formula is C26H29NO4. The van der Waals surface area contributed by atoms with Crippen LogP contribution in [0.4, 0.5) is 0 Å². The molecule has 3 aromatic rings. The van der Waals surface area contributed by atoms with Crippen molar-refractivity contribution in [1.29, 1.82) is 0 Å². The molecule has 0 saturated carbocycles. The summed E-state index contributed by atoms with van der Waals surface area (Å²) >= 11 is 0. The average molecular weight is 420 g/mol. The van der Waals surface area contributed by atoms with Gasteiger partial charge in [0.1, 0.15) is 17.1 Å². The third-order valence-electron chi connectivity index (χ3n) is 5.79. The van der Waals surface area contributed by atoms with Gasteiger partial charge in [0.2, 0.25) is 5.91 Å². The summed E-state index contributed by atoms with van der Waals surface area (Å²) in [6.45, 7) is 6.13. The second-order valence-electron chi connectivity index (χ2n) is 7.87. The molecule has 1 amide bonds. The minimum atomic E-state index is 0.0694. The molecule has 1 saturated heterocycles. The van der Waals surface area contributed by atoms with E-state index in [4.69, 9.17) is 13.9 Å². The number of carbonyl (C=O) groups excluding carboxylic acids is 1. The maximum atomic E-state index is 12.8. The predicted octanol–water partition coefficient (Wildman–Crippen LogP) is 5.92. The summed E-state index contributed by atoms with van der Waals surface area (Å²) in [4.78, 5) is 14.7. The molecule has 0 spiro atoms. The van der Waals surface area contributed by atoms with Crippen LogP contribution in [-0.4, -0.2) is 37.6 Å². The van der Waals surface area contributed by atoms with Gasteiger partial charge in [0.15, 0.2) is 0 Å². The van der Waals surface area contributed by atoms with E-state index in [1.54, 1.807) is 19.4 Å². The first-order valence-corrected chi connectivity index (χ1v) is 10.9. The molecule has 5 heteroatoms. The van der Waals surface area contributed by atoms with Crippen molar-refractivity contribution >= 4 is 22.4 Å². The first-order valence-electron chi connectivity index (χ1n) is 10.9. The normalized spacial score (nSPS) is 14.7. The monoisotopic (exact) mass is 419 g/mol. The van der Waals surface area contributed by atoms with E-state index >= 15 is 0 Å². The van der Waals surface area contributed by atoms with Crippen LogP contribution >= 0.6 is 0 Å². The minimum Gasteiger partial charge on any atom is -0.497 e. The van der Waals surface area contributed by atoms with Crippen molar-refractivity contribution in [3.63, 3.8) is 0 Å². The molecule has 5 nitrogen and oxygen atoms in total. The highest BCUT2D eigenvalue weighted by atomic mass is 16.5. The number of rotatable bonds is 6. The number of likely N-dealkylation sites (tertiary alicyclic amines) is 1. The molecule has 0 bridgehead atoms. The number of hydrogen-bond donors (Lipinski definition) is 0. The van der Waals surface area contributed by atoms with Gasteiger partial charge in [-0.3, -0.25) is 4.79 Å². The van der Waals surface area contributed by atoms with Gasteiger partial charge in [0.25, 0.3) is 0 Å². The molecule has 4 rings (SSSR count). The first-order chi connectivity index (χ1) is 15.1. The molecule has 1 aliphatic rings. The number of nitrogens with zero attached hydrogens (tertiary/aromatic N) is 1. The van der Waals surface area contributed by atoms with Gasteiger partial charge in [0, 0.05) is 41.7 Å². The van der Waals surface area contributed by atoms with E-state index in [0.717, 1.165) is 70.7 Å². The topological polar surface area (TPSA) is 51.9 Å². The van der Waals surface area contributed by atoms with E-state index in [1.165, 1.54) is 6.42 Å². The fraction of sp³-hybridized carbons (Fsp3) is 0.346. The van der Waals surface area contributed by atoms with Crippen LogP contribution in [0, 0.1) is 0 Å². The maximum Gasteiger partial charge on any atom is 0.246 e. The van der Waals surface area contributed by atoms with Crippen LogP contribution in [0.15, 0.2) is 53.2 Å². The van der Waals surface area contributed by atoms with E-state index < -0.39 is 0 Å². The first kappa shape index (κ1) is 21.0. The lowest BCUT2D eigenvalue weighted by atomic mass is 9.99. The molecule has 31 heavy (non-hydrogen) atoms. The van der Waals surface area contributed by atoms with Gasteiger partial charge >= 0.3 is 0 Å². The Morgan fingerprint density at radius 3 is 2.71 bits per heavy atom. The van der Waals surface area contributed by atoms with Crippen molar-refractivity contribution in [3.05, 3.63) is 54.3 Å². The van der Waals surface area contributed by atoms with Crippen molar-refractivity contribution in [1.82, 2.24) is 4.90 Å². The number of ether oxygens (including phenoxy) is 2. The summed E-state index contributed by atoms with van der Waals surface area (Å²) in [6, 6.07) is 11.9. The summed E-state index contributed by atoms with van der Waals surface area (Å²) in [5.41, 5.74) is 4.54. The van der Waals surface area contributed by atoms with Crippen LogP contribution in [0.3, 0.4) is 0 Å². The minimum absolute atomic E-state index is 0.0694. The van der Waals surface area contributed by atoms with Crippen molar-refractivity contribution in [2.75, 3.05) is 26.8 Å². The molecule has 0 unspecified atom stereocenters. The lowest BCUT2D eigenvalue weighted by Gasteiger charge is -2.25. The number of carbonyl (C=O) groups is 1. The maximum absolute atomic E-state index is 12.8. The molecule has 0 N–H and O–H groups in total. The van der Waals surface area contributed by atoms with Crippen LogP contribution < -0.4 is 9.47 Å². The zero-order valence-electron chi connectivity index (χ0n) is 18.4. The van der Waals surface area contributed by atoms with Gasteiger partial charge in [-0.05, 0) is 62.4 Å². The molecule has 2 aromatic carbocycles. The van der Waals surface area contributed by atoms with Gasteiger partial charge < -0.3 is 18.8 Å². The van der Waals surface area contributed by atoms with Crippen LogP contribution in [0.1, 0.15) is 38.7 Å². The van der Waals surface area contributed by atoms with Gasteiger partial charge in [-0.15, -0.1) is 0 Å². The van der Waals surface area contributed by atoms with E-state index in [-0.39, 0.29) is 5.91 Å². The second-order valence-corrected chi connectivity index (χ2v) is 7.87. The molecule has 1 aliphatic heterocycles. The molecule has 1 aromatic heterocycles. The van der Waals surface area contributed by atoms with Gasteiger partial charge in [-0.25, -0.2) is 0 Å². The lowest BCUT2D eigenvalue weighted by Crippen LogP contribution is -2.34. The number of piperidine rings is 1. The molecule has 2 heterocycles. The van der Waals surface area contributed by atoms with Crippen LogP contribution in [-0.2, 0) is 4.79 Å². The summed E-state index contributed by atoms with van der Waals surface area (Å²) < 4.78 is 17.1. The Kier molecular flexibility index (Phi) is 6.31. The van der Waals surface area contributed by atoms with Crippen molar-refractivity contribution in [2.24, 2.45) is 0 Å². The Morgan fingerprint density at radius 1 is 1.16 bits per heavy atom. The number of amides is 1. The SMILES string of the molecule is CCOc1cc2occ(-c3cccc(OC)c3)c2cc1/C(C)=C/C(=O)N1CCCCC1.